The number of nitro groups is 1. The van der Waals surface area contributed by atoms with E-state index in [0.29, 0.717) is 40.3 Å². The fourth-order valence-corrected chi connectivity index (χ4v) is 4.66. The molecule has 0 atom stereocenters. The SMILES string of the molecule is CCNc1nc(Cl)ccc1N.CCNc1nc(Cl)ccc1[N+](=O)[O-].CCn1c(N)nc2ccc(Cl)nc21.CCn1c(N)nc2cccnc21. The lowest BCUT2D eigenvalue weighted by Gasteiger charge is -2.04. The summed E-state index contributed by atoms with van der Waals surface area (Å²) in [7, 11) is 0. The summed E-state index contributed by atoms with van der Waals surface area (Å²) in [6, 6.07) is 13.4. The molecule has 0 aliphatic heterocycles. The first-order chi connectivity index (χ1) is 23.4. The van der Waals surface area contributed by atoms with Gasteiger partial charge in [-0.3, -0.25) is 19.2 Å². The predicted octanol–water partition coefficient (Wildman–Crippen LogP) is 6.54. The van der Waals surface area contributed by atoms with Crippen molar-refractivity contribution in [3.63, 3.8) is 0 Å². The van der Waals surface area contributed by atoms with E-state index in [1.165, 1.54) is 12.1 Å². The van der Waals surface area contributed by atoms with Gasteiger partial charge in [0.25, 0.3) is 0 Å². The molecule has 260 valence electrons. The van der Waals surface area contributed by atoms with Crippen LogP contribution in [0.15, 0.2) is 54.7 Å². The highest BCUT2D eigenvalue weighted by Gasteiger charge is 2.14. The maximum Gasteiger partial charge on any atom is 0.311 e. The molecule has 0 saturated carbocycles. The molecule has 0 fully saturated rings. The van der Waals surface area contributed by atoms with Crippen LogP contribution in [0.25, 0.3) is 22.3 Å². The molecule has 0 aromatic carbocycles. The normalized spacial score (nSPS) is 10.3. The van der Waals surface area contributed by atoms with Crippen LogP contribution in [0, 0.1) is 10.1 Å². The summed E-state index contributed by atoms with van der Waals surface area (Å²) in [6.07, 6.45) is 1.75. The largest absolute Gasteiger partial charge is 0.396 e. The molecule has 0 radical (unpaired) electrons. The monoisotopic (exact) mass is 730 g/mol. The van der Waals surface area contributed by atoms with Crippen LogP contribution in [-0.4, -0.2) is 57.1 Å². The first-order valence-corrected chi connectivity index (χ1v) is 16.1. The number of halogens is 3. The number of fused-ring (bicyclic) bond motifs is 2. The maximum atomic E-state index is 10.5. The van der Waals surface area contributed by atoms with Crippen molar-refractivity contribution in [3.8, 4) is 0 Å². The van der Waals surface area contributed by atoms with Crippen LogP contribution >= 0.6 is 34.8 Å². The second kappa shape index (κ2) is 18.4. The minimum absolute atomic E-state index is 0.0637. The highest BCUT2D eigenvalue weighted by atomic mass is 35.5. The van der Waals surface area contributed by atoms with Crippen LogP contribution in [-0.2, 0) is 13.1 Å². The van der Waals surface area contributed by atoms with E-state index in [1.54, 1.807) is 24.4 Å². The van der Waals surface area contributed by atoms with E-state index in [4.69, 9.17) is 52.0 Å². The Morgan fingerprint density at radius 1 is 0.694 bits per heavy atom. The van der Waals surface area contributed by atoms with Crippen molar-refractivity contribution in [1.29, 1.82) is 0 Å². The summed E-state index contributed by atoms with van der Waals surface area (Å²) >= 11 is 17.0. The van der Waals surface area contributed by atoms with Gasteiger partial charge in [0.1, 0.15) is 26.5 Å². The zero-order valence-corrected chi connectivity index (χ0v) is 29.5. The van der Waals surface area contributed by atoms with Gasteiger partial charge in [0.15, 0.2) is 17.1 Å². The summed E-state index contributed by atoms with van der Waals surface area (Å²) in [5.41, 5.74) is 20.7. The van der Waals surface area contributed by atoms with Crippen LogP contribution in [0.3, 0.4) is 0 Å². The topological polar surface area (TPSA) is 232 Å². The molecule has 49 heavy (non-hydrogen) atoms. The Labute approximate surface area is 297 Å². The maximum absolute atomic E-state index is 10.5. The summed E-state index contributed by atoms with van der Waals surface area (Å²) in [5.74, 6) is 1.87. The van der Waals surface area contributed by atoms with E-state index in [2.05, 4.69) is 40.5 Å². The minimum atomic E-state index is -0.499. The molecule has 6 heterocycles. The van der Waals surface area contributed by atoms with Gasteiger partial charge in [-0.15, -0.1) is 0 Å². The van der Waals surface area contributed by atoms with Crippen LogP contribution in [0.2, 0.25) is 15.5 Å². The zero-order chi connectivity index (χ0) is 36.1. The van der Waals surface area contributed by atoms with E-state index < -0.39 is 4.92 Å². The fraction of sp³-hybridized carbons (Fsp3) is 0.267. The van der Waals surface area contributed by atoms with Crippen LogP contribution in [0.1, 0.15) is 27.7 Å². The molecule has 6 aromatic heterocycles. The van der Waals surface area contributed by atoms with Gasteiger partial charge in [-0.05, 0) is 70.2 Å². The van der Waals surface area contributed by atoms with Crippen molar-refractivity contribution in [1.82, 2.24) is 39.0 Å². The highest BCUT2D eigenvalue weighted by Crippen LogP contribution is 2.23. The standard InChI is InChI=1S/C8H9ClN4.C8H10N4.C7H8ClN3O2.C7H10ClN3/c1-2-13-7-5(11-8(13)10)3-4-6(9)12-7;1-2-12-7-6(11-8(12)9)4-3-5-10-7;1-2-9-7-5(11(12)13)3-4-6(8)10-7;1-2-10-7-5(9)3-4-6(8)11-7/h3-4H,2H2,1H3,(H2,10,11);3-5H,2H2,1H3,(H2,9,11);3-4H,2H2,1H3,(H,9,10);3-4H,2,9H2,1H3,(H,10,11). The lowest BCUT2D eigenvalue weighted by Crippen LogP contribution is -2.03. The lowest BCUT2D eigenvalue weighted by atomic mass is 10.4. The summed E-state index contributed by atoms with van der Waals surface area (Å²) in [4.78, 5) is 34.4. The van der Waals surface area contributed by atoms with Gasteiger partial charge in [0, 0.05) is 38.4 Å². The quantitative estimate of drug-likeness (QED) is 0.0667. The molecule has 0 unspecified atom stereocenters. The number of rotatable bonds is 7. The molecule has 0 saturated heterocycles. The Bertz CT molecular complexity index is 2000. The number of pyridine rings is 4. The van der Waals surface area contributed by atoms with E-state index in [1.807, 2.05) is 55.0 Å². The minimum Gasteiger partial charge on any atom is -0.396 e. The van der Waals surface area contributed by atoms with Gasteiger partial charge >= 0.3 is 5.69 Å². The number of aromatic nitrogens is 8. The second-order valence-electron chi connectivity index (χ2n) is 9.64. The van der Waals surface area contributed by atoms with E-state index in [9.17, 15) is 10.1 Å². The Balaban J connectivity index is 0.000000177. The molecule has 19 heteroatoms. The van der Waals surface area contributed by atoms with Gasteiger partial charge in [0.05, 0.1) is 10.6 Å². The third-order valence-corrected chi connectivity index (χ3v) is 7.00. The number of anilines is 5. The Morgan fingerprint density at radius 2 is 1.20 bits per heavy atom. The number of nitrogen functional groups attached to an aromatic ring is 3. The average molecular weight is 732 g/mol. The van der Waals surface area contributed by atoms with Crippen LogP contribution in [0.4, 0.5) is 34.9 Å². The first kappa shape index (κ1) is 38.3. The molecule has 0 spiro atoms. The van der Waals surface area contributed by atoms with Crippen molar-refractivity contribution in [2.24, 2.45) is 0 Å². The molecular formula is C30H37Cl3N14O2. The average Bonchev–Trinajstić information content (AvgIpc) is 3.57. The number of hydrogen-bond acceptors (Lipinski definition) is 13. The first-order valence-electron chi connectivity index (χ1n) is 15.0. The van der Waals surface area contributed by atoms with Gasteiger partial charge in [0.2, 0.25) is 17.7 Å². The molecule has 16 nitrogen and oxygen atoms in total. The third kappa shape index (κ3) is 10.4. The number of imidazole rings is 2. The van der Waals surface area contributed by atoms with E-state index in [-0.39, 0.29) is 16.7 Å². The van der Waals surface area contributed by atoms with Crippen molar-refractivity contribution in [2.45, 2.75) is 40.8 Å². The summed E-state index contributed by atoms with van der Waals surface area (Å²) < 4.78 is 3.70. The highest BCUT2D eigenvalue weighted by molar-refractivity contribution is 6.30. The van der Waals surface area contributed by atoms with Gasteiger partial charge in [-0.2, -0.15) is 0 Å². The smallest absolute Gasteiger partial charge is 0.311 e. The van der Waals surface area contributed by atoms with Gasteiger partial charge in [-0.1, -0.05) is 34.8 Å². The second-order valence-corrected chi connectivity index (χ2v) is 10.8. The molecular weight excluding hydrogens is 695 g/mol. The number of nitrogens with one attached hydrogen (secondary N) is 2. The van der Waals surface area contributed by atoms with Crippen molar-refractivity contribution in [3.05, 3.63) is 80.3 Å². The van der Waals surface area contributed by atoms with Crippen LogP contribution in [0.5, 0.6) is 0 Å². The summed E-state index contributed by atoms with van der Waals surface area (Å²) in [6.45, 7) is 10.7. The molecule has 6 aromatic rings. The lowest BCUT2D eigenvalue weighted by molar-refractivity contribution is -0.384. The number of hydrogen-bond donors (Lipinski definition) is 5. The fourth-order valence-electron chi connectivity index (χ4n) is 4.22. The van der Waals surface area contributed by atoms with Gasteiger partial charge < -0.3 is 27.8 Å². The van der Waals surface area contributed by atoms with Crippen molar-refractivity contribution in [2.75, 3.05) is 40.9 Å². The zero-order valence-electron chi connectivity index (χ0n) is 27.2. The third-order valence-electron chi connectivity index (χ3n) is 6.37. The van der Waals surface area contributed by atoms with Gasteiger partial charge in [-0.25, -0.2) is 29.9 Å². The van der Waals surface area contributed by atoms with Crippen LogP contribution < -0.4 is 27.8 Å². The molecule has 0 amide bonds. The number of nitrogens with two attached hydrogens (primary N) is 3. The van der Waals surface area contributed by atoms with E-state index in [0.717, 1.165) is 42.0 Å². The molecule has 0 aliphatic rings. The molecule has 8 N–H and O–H groups in total. The molecule has 6 rings (SSSR count). The number of aryl methyl sites for hydroxylation is 2. The molecule has 0 bridgehead atoms. The molecule has 0 aliphatic carbocycles. The van der Waals surface area contributed by atoms with Crippen molar-refractivity contribution >= 4 is 92.0 Å². The van der Waals surface area contributed by atoms with E-state index >= 15 is 0 Å². The Hall–Kier alpha value is -5.19. The van der Waals surface area contributed by atoms with Crippen molar-refractivity contribution < 1.29 is 4.92 Å². The Kier molecular flexibility index (Phi) is 14.4. The predicted molar refractivity (Wildman–Crippen MR) is 198 cm³/mol. The Morgan fingerprint density at radius 3 is 1.80 bits per heavy atom. The number of nitrogens with zero attached hydrogens (tertiary/aromatic N) is 9. The summed E-state index contributed by atoms with van der Waals surface area (Å²) in [5, 5.41) is 17.4.